The summed E-state index contributed by atoms with van der Waals surface area (Å²) in [6.07, 6.45) is 5.82. The first kappa shape index (κ1) is 9.24. The van der Waals surface area contributed by atoms with E-state index in [9.17, 15) is 0 Å². The summed E-state index contributed by atoms with van der Waals surface area (Å²) in [6.45, 7) is 7.63. The van der Waals surface area contributed by atoms with Gasteiger partial charge in [-0.3, -0.25) is 0 Å². The van der Waals surface area contributed by atoms with Crippen LogP contribution in [0, 0.1) is 0 Å². The van der Waals surface area contributed by atoms with E-state index in [1.54, 1.807) is 0 Å². The number of hydrogen-bond acceptors (Lipinski definition) is 2. The number of rotatable bonds is 5. The third-order valence-corrected chi connectivity index (χ3v) is 1.20. The van der Waals surface area contributed by atoms with Crippen molar-refractivity contribution in [2.45, 2.75) is 6.92 Å². The molecule has 2 nitrogen and oxygen atoms in total. The monoisotopic (exact) mass is 140 g/mol. The predicted molar refractivity (Wildman–Crippen MR) is 45.6 cm³/mol. The number of hydrogen-bond donors (Lipinski definition) is 1. The average Bonchev–Trinajstić information content (AvgIpc) is 1.98. The highest BCUT2D eigenvalue weighted by Gasteiger charge is 1.88. The molecule has 0 atom stereocenters. The van der Waals surface area contributed by atoms with E-state index in [0.717, 1.165) is 13.1 Å². The van der Waals surface area contributed by atoms with Crippen LogP contribution in [-0.2, 0) is 0 Å². The maximum Gasteiger partial charge on any atom is 0.0344 e. The van der Waals surface area contributed by atoms with E-state index in [2.05, 4.69) is 11.9 Å². The lowest BCUT2D eigenvalue weighted by Gasteiger charge is -2.13. The molecule has 0 spiro atoms. The van der Waals surface area contributed by atoms with Gasteiger partial charge in [-0.05, 0) is 26.4 Å². The summed E-state index contributed by atoms with van der Waals surface area (Å²) in [5, 5.41) is 3.07. The van der Waals surface area contributed by atoms with Crippen molar-refractivity contribution in [3.63, 3.8) is 0 Å². The Hall–Kier alpha value is -0.760. The Labute approximate surface area is 63.2 Å². The molecule has 0 aliphatic rings. The molecule has 10 heavy (non-hydrogen) atoms. The van der Waals surface area contributed by atoms with Crippen LogP contribution in [0.4, 0.5) is 0 Å². The molecular weight excluding hydrogens is 124 g/mol. The van der Waals surface area contributed by atoms with Gasteiger partial charge in [0.2, 0.25) is 0 Å². The quantitative estimate of drug-likeness (QED) is 0.617. The number of likely N-dealkylation sites (N-methyl/N-ethyl adjacent to an activating group) is 1. The molecule has 0 heterocycles. The average molecular weight is 140 g/mol. The molecule has 2 heteroatoms. The van der Waals surface area contributed by atoms with Crippen molar-refractivity contribution in [2.75, 3.05) is 20.1 Å². The van der Waals surface area contributed by atoms with Crippen molar-refractivity contribution in [1.82, 2.24) is 10.2 Å². The van der Waals surface area contributed by atoms with Crippen LogP contribution in [0.25, 0.3) is 0 Å². The summed E-state index contributed by atoms with van der Waals surface area (Å²) in [5.74, 6) is 0. The normalized spacial score (nSPS) is 10.2. The smallest absolute Gasteiger partial charge is 0.0344 e. The maximum atomic E-state index is 3.68. The number of nitrogens with zero attached hydrogens (tertiary/aromatic N) is 1. The van der Waals surface area contributed by atoms with Gasteiger partial charge >= 0.3 is 0 Å². The molecule has 0 bridgehead atoms. The molecule has 0 aliphatic heterocycles. The van der Waals surface area contributed by atoms with Gasteiger partial charge in [0.15, 0.2) is 0 Å². The lowest BCUT2D eigenvalue weighted by Crippen LogP contribution is -2.22. The van der Waals surface area contributed by atoms with Crippen molar-refractivity contribution >= 4 is 0 Å². The van der Waals surface area contributed by atoms with E-state index < -0.39 is 0 Å². The molecule has 0 aromatic rings. The molecule has 0 amide bonds. The fraction of sp³-hybridized carbons (Fsp3) is 0.500. The van der Waals surface area contributed by atoms with Gasteiger partial charge in [0.25, 0.3) is 0 Å². The second-order valence-corrected chi connectivity index (χ2v) is 2.01. The molecule has 0 rings (SSSR count). The molecule has 0 fully saturated rings. The third-order valence-electron chi connectivity index (χ3n) is 1.20. The Morgan fingerprint density at radius 1 is 1.60 bits per heavy atom. The second kappa shape index (κ2) is 6.36. The summed E-state index contributed by atoms with van der Waals surface area (Å²) in [5.41, 5.74) is 0. The summed E-state index contributed by atoms with van der Waals surface area (Å²) in [6, 6.07) is 0. The zero-order valence-electron chi connectivity index (χ0n) is 6.80. The zero-order valence-corrected chi connectivity index (χ0v) is 6.80. The summed E-state index contributed by atoms with van der Waals surface area (Å²) < 4.78 is 0. The highest BCUT2D eigenvalue weighted by Crippen LogP contribution is 1.87. The van der Waals surface area contributed by atoms with Gasteiger partial charge in [-0.25, -0.2) is 0 Å². The van der Waals surface area contributed by atoms with Crippen molar-refractivity contribution < 1.29 is 0 Å². The van der Waals surface area contributed by atoms with Crippen LogP contribution in [-0.4, -0.2) is 25.0 Å². The minimum atomic E-state index is 0.977. The fourth-order valence-electron chi connectivity index (χ4n) is 0.659. The van der Waals surface area contributed by atoms with Crippen LogP contribution in [0.1, 0.15) is 6.92 Å². The Balaban J connectivity index is 3.49. The number of nitrogens with one attached hydrogen (secondary N) is 1. The Morgan fingerprint density at radius 2 is 2.30 bits per heavy atom. The summed E-state index contributed by atoms with van der Waals surface area (Å²) in [7, 11) is 1.94. The minimum Gasteiger partial charge on any atom is -0.354 e. The highest BCUT2D eigenvalue weighted by atomic mass is 15.1. The topological polar surface area (TPSA) is 15.3 Å². The van der Waals surface area contributed by atoms with Gasteiger partial charge < -0.3 is 10.2 Å². The van der Waals surface area contributed by atoms with Gasteiger partial charge in [0.1, 0.15) is 0 Å². The van der Waals surface area contributed by atoms with Crippen LogP contribution in [0.15, 0.2) is 25.1 Å². The van der Waals surface area contributed by atoms with E-state index in [0.29, 0.717) is 0 Å². The van der Waals surface area contributed by atoms with Gasteiger partial charge in [-0.2, -0.15) is 0 Å². The number of allylic oxidation sites excluding steroid dienone is 1. The SMILES string of the molecule is C=CN(/C=C\C)CCNC. The molecular formula is C8H16N2. The largest absolute Gasteiger partial charge is 0.354 e. The zero-order chi connectivity index (χ0) is 7.82. The molecule has 1 N–H and O–H groups in total. The van der Waals surface area contributed by atoms with Crippen molar-refractivity contribution in [3.05, 3.63) is 25.1 Å². The van der Waals surface area contributed by atoms with Crippen molar-refractivity contribution in [2.24, 2.45) is 0 Å². The third kappa shape index (κ3) is 4.15. The molecule has 58 valence electrons. The van der Waals surface area contributed by atoms with E-state index >= 15 is 0 Å². The molecule has 0 aromatic carbocycles. The van der Waals surface area contributed by atoms with E-state index in [1.165, 1.54) is 0 Å². The summed E-state index contributed by atoms with van der Waals surface area (Å²) >= 11 is 0. The predicted octanol–water partition coefficient (Wildman–Crippen LogP) is 1.18. The molecule has 0 radical (unpaired) electrons. The first-order valence-corrected chi connectivity index (χ1v) is 3.51. The van der Waals surface area contributed by atoms with Gasteiger partial charge in [0, 0.05) is 13.1 Å². The molecule has 0 aromatic heterocycles. The first-order chi connectivity index (χ1) is 4.85. The minimum absolute atomic E-state index is 0.977. The highest BCUT2D eigenvalue weighted by molar-refractivity contribution is 4.85. The molecule has 0 saturated heterocycles. The lowest BCUT2D eigenvalue weighted by atomic mass is 10.5. The van der Waals surface area contributed by atoms with Crippen LogP contribution < -0.4 is 5.32 Å². The van der Waals surface area contributed by atoms with Crippen LogP contribution in [0.5, 0.6) is 0 Å². The van der Waals surface area contributed by atoms with E-state index in [4.69, 9.17) is 0 Å². The van der Waals surface area contributed by atoms with Crippen LogP contribution in [0.2, 0.25) is 0 Å². The first-order valence-electron chi connectivity index (χ1n) is 3.51. The Kier molecular flexibility index (Phi) is 5.88. The van der Waals surface area contributed by atoms with Crippen LogP contribution >= 0.6 is 0 Å². The van der Waals surface area contributed by atoms with Crippen molar-refractivity contribution in [1.29, 1.82) is 0 Å². The Bertz CT molecular complexity index is 108. The second-order valence-electron chi connectivity index (χ2n) is 2.01. The van der Waals surface area contributed by atoms with E-state index in [-0.39, 0.29) is 0 Å². The standard InChI is InChI=1S/C8H16N2/c1-4-7-10(5-2)8-6-9-3/h4-5,7,9H,2,6,8H2,1,3H3/b7-4-. The van der Waals surface area contributed by atoms with Crippen molar-refractivity contribution in [3.8, 4) is 0 Å². The molecule has 0 unspecified atom stereocenters. The Morgan fingerprint density at radius 3 is 2.70 bits per heavy atom. The molecule has 0 saturated carbocycles. The van der Waals surface area contributed by atoms with Gasteiger partial charge in [0.05, 0.1) is 0 Å². The van der Waals surface area contributed by atoms with Crippen LogP contribution in [0.3, 0.4) is 0 Å². The van der Waals surface area contributed by atoms with Gasteiger partial charge in [-0.15, -0.1) is 0 Å². The van der Waals surface area contributed by atoms with E-state index in [1.807, 2.05) is 37.3 Å². The summed E-state index contributed by atoms with van der Waals surface area (Å²) in [4.78, 5) is 2.04. The lowest BCUT2D eigenvalue weighted by molar-refractivity contribution is 0.496. The fourth-order valence-corrected chi connectivity index (χ4v) is 0.659. The van der Waals surface area contributed by atoms with Gasteiger partial charge in [-0.1, -0.05) is 12.7 Å². The molecule has 0 aliphatic carbocycles. The maximum absolute atomic E-state index is 3.68.